The van der Waals surface area contributed by atoms with Gasteiger partial charge < -0.3 is 14.2 Å². The van der Waals surface area contributed by atoms with Crippen LogP contribution in [0.4, 0.5) is 0 Å². The number of hydrogen-bond donors (Lipinski definition) is 1. The summed E-state index contributed by atoms with van der Waals surface area (Å²) < 4.78 is 43.5. The predicted molar refractivity (Wildman–Crippen MR) is 96.1 cm³/mol. The molecule has 0 aliphatic carbocycles. The van der Waals surface area contributed by atoms with E-state index in [0.717, 1.165) is 5.56 Å². The minimum atomic E-state index is -3.58. The van der Waals surface area contributed by atoms with E-state index in [2.05, 4.69) is 4.72 Å². The lowest BCUT2D eigenvalue weighted by Crippen LogP contribution is -2.29. The molecule has 0 heterocycles. The molecular formula is C18H23NO5S. The van der Waals surface area contributed by atoms with Crippen LogP contribution in [0.15, 0.2) is 41.3 Å². The number of aryl methyl sites for hydroxylation is 2. The second kappa shape index (κ2) is 8.22. The van der Waals surface area contributed by atoms with Gasteiger partial charge >= 0.3 is 0 Å². The van der Waals surface area contributed by atoms with Gasteiger partial charge in [0.25, 0.3) is 0 Å². The van der Waals surface area contributed by atoms with Crippen molar-refractivity contribution >= 4 is 10.0 Å². The SMILES string of the molecule is COc1cccc(OCCNS(=O)(=O)c2cc(C)ccc2C)c1OC. The Bertz CT molecular complexity index is 833. The maximum atomic E-state index is 12.4. The van der Waals surface area contributed by atoms with E-state index in [0.29, 0.717) is 22.8 Å². The zero-order valence-corrected chi connectivity index (χ0v) is 15.6. The van der Waals surface area contributed by atoms with Crippen LogP contribution >= 0.6 is 0 Å². The molecule has 0 unspecified atom stereocenters. The number of nitrogens with one attached hydrogen (secondary N) is 1. The molecular weight excluding hydrogens is 342 g/mol. The van der Waals surface area contributed by atoms with Crippen molar-refractivity contribution in [1.29, 1.82) is 0 Å². The average Bonchev–Trinajstić information content (AvgIpc) is 2.60. The normalized spacial score (nSPS) is 11.2. The van der Waals surface area contributed by atoms with Gasteiger partial charge in [-0.2, -0.15) is 0 Å². The first-order chi connectivity index (χ1) is 11.9. The molecule has 1 N–H and O–H groups in total. The Morgan fingerprint density at radius 2 is 1.72 bits per heavy atom. The Hall–Kier alpha value is -2.25. The third-order valence-electron chi connectivity index (χ3n) is 3.65. The smallest absolute Gasteiger partial charge is 0.240 e. The van der Waals surface area contributed by atoms with E-state index in [1.54, 1.807) is 44.4 Å². The maximum Gasteiger partial charge on any atom is 0.240 e. The molecule has 0 aliphatic heterocycles. The summed E-state index contributed by atoms with van der Waals surface area (Å²) in [5.41, 5.74) is 1.59. The summed E-state index contributed by atoms with van der Waals surface area (Å²) >= 11 is 0. The second-order valence-electron chi connectivity index (χ2n) is 5.51. The Morgan fingerprint density at radius 1 is 1.00 bits per heavy atom. The highest BCUT2D eigenvalue weighted by Crippen LogP contribution is 2.36. The summed E-state index contributed by atoms with van der Waals surface area (Å²) in [5.74, 6) is 1.52. The van der Waals surface area contributed by atoms with Crippen LogP contribution in [0.5, 0.6) is 17.2 Å². The van der Waals surface area contributed by atoms with Gasteiger partial charge in [0.1, 0.15) is 6.61 Å². The molecule has 0 aliphatic rings. The molecule has 6 nitrogen and oxygen atoms in total. The van der Waals surface area contributed by atoms with Crippen molar-refractivity contribution in [3.63, 3.8) is 0 Å². The number of para-hydroxylation sites is 1. The van der Waals surface area contributed by atoms with Crippen LogP contribution in [-0.2, 0) is 10.0 Å². The monoisotopic (exact) mass is 365 g/mol. The highest BCUT2D eigenvalue weighted by Gasteiger charge is 2.17. The molecule has 0 atom stereocenters. The van der Waals surface area contributed by atoms with E-state index in [1.807, 2.05) is 13.0 Å². The lowest BCUT2D eigenvalue weighted by Gasteiger charge is -2.14. The van der Waals surface area contributed by atoms with Crippen LogP contribution < -0.4 is 18.9 Å². The standard InChI is InChI=1S/C18H23NO5S/c1-13-8-9-14(2)17(12-13)25(20,21)19-10-11-24-16-7-5-6-15(22-3)18(16)23-4/h5-9,12,19H,10-11H2,1-4H3. The van der Waals surface area contributed by atoms with Crippen molar-refractivity contribution < 1.29 is 22.6 Å². The highest BCUT2D eigenvalue weighted by atomic mass is 32.2. The molecule has 0 radical (unpaired) electrons. The van der Waals surface area contributed by atoms with E-state index in [1.165, 1.54) is 7.11 Å². The van der Waals surface area contributed by atoms with E-state index in [-0.39, 0.29) is 18.0 Å². The maximum absolute atomic E-state index is 12.4. The summed E-state index contributed by atoms with van der Waals surface area (Å²) in [7, 11) is -0.519. The first-order valence-corrected chi connectivity index (χ1v) is 9.28. The van der Waals surface area contributed by atoms with E-state index >= 15 is 0 Å². The van der Waals surface area contributed by atoms with E-state index in [9.17, 15) is 8.42 Å². The van der Waals surface area contributed by atoms with E-state index < -0.39 is 10.0 Å². The molecule has 0 fully saturated rings. The van der Waals surface area contributed by atoms with Crippen LogP contribution in [0.25, 0.3) is 0 Å². The fourth-order valence-electron chi connectivity index (χ4n) is 2.38. The third-order valence-corrected chi connectivity index (χ3v) is 5.25. The number of benzene rings is 2. The molecule has 0 amide bonds. The van der Waals surface area contributed by atoms with Gasteiger partial charge in [-0.15, -0.1) is 0 Å². The number of methoxy groups -OCH3 is 2. The van der Waals surface area contributed by atoms with Gasteiger partial charge in [0, 0.05) is 6.54 Å². The quantitative estimate of drug-likeness (QED) is 0.728. The molecule has 0 spiro atoms. The van der Waals surface area contributed by atoms with Gasteiger partial charge in [0.15, 0.2) is 11.5 Å². The average molecular weight is 365 g/mol. The molecule has 7 heteroatoms. The van der Waals surface area contributed by atoms with Crippen molar-refractivity contribution in [2.75, 3.05) is 27.4 Å². The summed E-state index contributed by atoms with van der Waals surface area (Å²) in [6, 6.07) is 10.6. The zero-order chi connectivity index (χ0) is 18.4. The van der Waals surface area contributed by atoms with Gasteiger partial charge in [-0.25, -0.2) is 13.1 Å². The third kappa shape index (κ3) is 4.64. The highest BCUT2D eigenvalue weighted by molar-refractivity contribution is 7.89. The molecule has 136 valence electrons. The molecule has 0 saturated carbocycles. The number of hydrogen-bond acceptors (Lipinski definition) is 5. The Balaban J connectivity index is 2.00. The first kappa shape index (κ1) is 19.1. The lowest BCUT2D eigenvalue weighted by molar-refractivity contribution is 0.287. The van der Waals surface area contributed by atoms with Crippen LogP contribution in [0, 0.1) is 13.8 Å². The predicted octanol–water partition coefficient (Wildman–Crippen LogP) is 2.68. The Morgan fingerprint density at radius 3 is 2.40 bits per heavy atom. The molecule has 0 bridgehead atoms. The van der Waals surface area contributed by atoms with Crippen LogP contribution in [0.2, 0.25) is 0 Å². The Kier molecular flexibility index (Phi) is 6.27. The topological polar surface area (TPSA) is 73.9 Å². The van der Waals surface area contributed by atoms with Gasteiger partial charge in [0.05, 0.1) is 19.1 Å². The summed E-state index contributed by atoms with van der Waals surface area (Å²) in [6.45, 7) is 3.92. The van der Waals surface area contributed by atoms with Crippen molar-refractivity contribution in [1.82, 2.24) is 4.72 Å². The minimum absolute atomic E-state index is 0.135. The van der Waals surface area contributed by atoms with Gasteiger partial charge in [0.2, 0.25) is 15.8 Å². The van der Waals surface area contributed by atoms with Crippen LogP contribution in [0.1, 0.15) is 11.1 Å². The van der Waals surface area contributed by atoms with Crippen LogP contribution in [-0.4, -0.2) is 35.8 Å². The molecule has 0 saturated heterocycles. The number of rotatable bonds is 8. The van der Waals surface area contributed by atoms with Crippen molar-refractivity contribution in [3.8, 4) is 17.2 Å². The van der Waals surface area contributed by atoms with Gasteiger partial charge in [-0.1, -0.05) is 18.2 Å². The number of sulfonamides is 1. The second-order valence-corrected chi connectivity index (χ2v) is 7.24. The molecule has 2 rings (SSSR count). The van der Waals surface area contributed by atoms with Crippen molar-refractivity contribution in [2.24, 2.45) is 0 Å². The lowest BCUT2D eigenvalue weighted by atomic mass is 10.2. The molecule has 25 heavy (non-hydrogen) atoms. The van der Waals surface area contributed by atoms with E-state index in [4.69, 9.17) is 14.2 Å². The fourth-order valence-corrected chi connectivity index (χ4v) is 3.72. The summed E-state index contributed by atoms with van der Waals surface area (Å²) in [4.78, 5) is 0.284. The molecule has 2 aromatic rings. The van der Waals surface area contributed by atoms with Gasteiger partial charge in [-0.3, -0.25) is 0 Å². The summed E-state index contributed by atoms with van der Waals surface area (Å²) in [6.07, 6.45) is 0. The van der Waals surface area contributed by atoms with Gasteiger partial charge in [-0.05, 0) is 43.2 Å². The largest absolute Gasteiger partial charge is 0.493 e. The van der Waals surface area contributed by atoms with Crippen molar-refractivity contribution in [3.05, 3.63) is 47.5 Å². The zero-order valence-electron chi connectivity index (χ0n) is 14.8. The molecule has 2 aromatic carbocycles. The first-order valence-electron chi connectivity index (χ1n) is 7.79. The molecule has 0 aromatic heterocycles. The minimum Gasteiger partial charge on any atom is -0.493 e. The van der Waals surface area contributed by atoms with Crippen molar-refractivity contribution in [2.45, 2.75) is 18.7 Å². The summed E-state index contributed by atoms with van der Waals surface area (Å²) in [5, 5.41) is 0. The number of ether oxygens (including phenoxy) is 3. The van der Waals surface area contributed by atoms with Crippen LogP contribution in [0.3, 0.4) is 0 Å². The Labute approximate surface area is 148 Å². The fraction of sp³-hybridized carbons (Fsp3) is 0.333.